The second kappa shape index (κ2) is 4.97. The number of halogens is 1. The molecule has 0 aliphatic carbocycles. The van der Waals surface area contributed by atoms with Crippen LogP contribution in [0.1, 0.15) is 12.0 Å². The summed E-state index contributed by atoms with van der Waals surface area (Å²) >= 11 is 6.07. The first kappa shape index (κ1) is 10.9. The molecule has 1 heterocycles. The topological polar surface area (TPSA) is 23.5 Å². The van der Waals surface area contributed by atoms with Crippen molar-refractivity contribution < 1.29 is 5.11 Å². The van der Waals surface area contributed by atoms with Crippen LogP contribution in [-0.2, 0) is 6.42 Å². The lowest BCUT2D eigenvalue weighted by Gasteiger charge is -2.14. The van der Waals surface area contributed by atoms with Gasteiger partial charge in [0.2, 0.25) is 0 Å². The lowest BCUT2D eigenvalue weighted by Crippen LogP contribution is -2.24. The summed E-state index contributed by atoms with van der Waals surface area (Å²) in [6, 6.07) is 7.95. The summed E-state index contributed by atoms with van der Waals surface area (Å²) in [6.07, 6.45) is 1.74. The Morgan fingerprint density at radius 2 is 2.20 bits per heavy atom. The summed E-state index contributed by atoms with van der Waals surface area (Å²) in [5.74, 6) is 0. The SMILES string of the molecule is OC1CCN(CCc2ccccc2Cl)C1. The zero-order valence-corrected chi connectivity index (χ0v) is 9.45. The standard InChI is InChI=1S/C12H16ClNO/c13-12-4-2-1-3-10(12)5-7-14-8-6-11(15)9-14/h1-4,11,15H,5-9H2. The Labute approximate surface area is 95.5 Å². The van der Waals surface area contributed by atoms with E-state index < -0.39 is 0 Å². The van der Waals surface area contributed by atoms with Crippen LogP contribution >= 0.6 is 11.6 Å². The largest absolute Gasteiger partial charge is 0.392 e. The van der Waals surface area contributed by atoms with E-state index in [1.54, 1.807) is 0 Å². The van der Waals surface area contributed by atoms with Gasteiger partial charge in [-0.15, -0.1) is 0 Å². The summed E-state index contributed by atoms with van der Waals surface area (Å²) in [6.45, 7) is 2.80. The highest BCUT2D eigenvalue weighted by Gasteiger charge is 2.19. The van der Waals surface area contributed by atoms with Crippen LogP contribution in [0.2, 0.25) is 5.02 Å². The van der Waals surface area contributed by atoms with Crippen molar-refractivity contribution in [1.29, 1.82) is 0 Å². The molecule has 0 aromatic heterocycles. The van der Waals surface area contributed by atoms with Gasteiger partial charge in [-0.3, -0.25) is 0 Å². The average Bonchev–Trinajstić information content (AvgIpc) is 2.63. The van der Waals surface area contributed by atoms with Gasteiger partial charge in [-0.1, -0.05) is 29.8 Å². The van der Waals surface area contributed by atoms with E-state index >= 15 is 0 Å². The van der Waals surface area contributed by atoms with E-state index in [9.17, 15) is 5.11 Å². The molecule has 1 atom stereocenters. The van der Waals surface area contributed by atoms with Crippen LogP contribution in [-0.4, -0.2) is 35.7 Å². The van der Waals surface area contributed by atoms with Crippen molar-refractivity contribution in [3.8, 4) is 0 Å². The Morgan fingerprint density at radius 3 is 2.87 bits per heavy atom. The molecule has 3 heteroatoms. The molecule has 1 aromatic carbocycles. The molecule has 0 bridgehead atoms. The fourth-order valence-corrected chi connectivity index (χ4v) is 2.23. The Kier molecular flexibility index (Phi) is 3.62. The van der Waals surface area contributed by atoms with Crippen LogP contribution in [0.25, 0.3) is 0 Å². The minimum Gasteiger partial charge on any atom is -0.392 e. The van der Waals surface area contributed by atoms with Crippen molar-refractivity contribution in [2.45, 2.75) is 18.9 Å². The number of rotatable bonds is 3. The Hall–Kier alpha value is -0.570. The quantitative estimate of drug-likeness (QED) is 0.850. The number of aliphatic hydroxyl groups is 1. The predicted octanol–water partition coefficient (Wildman–Crippen LogP) is 1.95. The Morgan fingerprint density at radius 1 is 1.40 bits per heavy atom. The van der Waals surface area contributed by atoms with Crippen LogP contribution in [0.5, 0.6) is 0 Å². The van der Waals surface area contributed by atoms with Gasteiger partial charge in [-0.05, 0) is 24.5 Å². The van der Waals surface area contributed by atoms with Gasteiger partial charge in [0.25, 0.3) is 0 Å². The van der Waals surface area contributed by atoms with Crippen molar-refractivity contribution in [2.24, 2.45) is 0 Å². The minimum absolute atomic E-state index is 0.128. The summed E-state index contributed by atoms with van der Waals surface area (Å²) in [4.78, 5) is 2.29. The molecule has 0 saturated carbocycles. The van der Waals surface area contributed by atoms with E-state index in [2.05, 4.69) is 11.0 Å². The van der Waals surface area contributed by atoms with E-state index in [0.29, 0.717) is 0 Å². The number of benzene rings is 1. The van der Waals surface area contributed by atoms with Gasteiger partial charge in [0.1, 0.15) is 0 Å². The van der Waals surface area contributed by atoms with Gasteiger partial charge in [-0.2, -0.15) is 0 Å². The van der Waals surface area contributed by atoms with Gasteiger partial charge < -0.3 is 10.0 Å². The molecule has 0 radical (unpaired) electrons. The maximum absolute atomic E-state index is 9.38. The van der Waals surface area contributed by atoms with E-state index in [0.717, 1.165) is 37.5 Å². The summed E-state index contributed by atoms with van der Waals surface area (Å²) < 4.78 is 0. The molecule has 1 unspecified atom stereocenters. The van der Waals surface area contributed by atoms with Gasteiger partial charge >= 0.3 is 0 Å². The monoisotopic (exact) mass is 225 g/mol. The van der Waals surface area contributed by atoms with Gasteiger partial charge in [0, 0.05) is 24.7 Å². The smallest absolute Gasteiger partial charge is 0.0679 e. The number of nitrogens with zero attached hydrogens (tertiary/aromatic N) is 1. The molecule has 82 valence electrons. The first-order valence-corrected chi connectivity index (χ1v) is 5.77. The van der Waals surface area contributed by atoms with Crippen molar-refractivity contribution >= 4 is 11.6 Å². The number of hydrogen-bond donors (Lipinski definition) is 1. The number of hydrogen-bond acceptors (Lipinski definition) is 2. The molecule has 1 aliphatic heterocycles. The van der Waals surface area contributed by atoms with Crippen molar-refractivity contribution in [3.05, 3.63) is 34.9 Å². The van der Waals surface area contributed by atoms with E-state index in [1.165, 1.54) is 5.56 Å². The third kappa shape index (κ3) is 2.94. The molecular formula is C12H16ClNO. The van der Waals surface area contributed by atoms with Crippen LogP contribution in [0.3, 0.4) is 0 Å². The van der Waals surface area contributed by atoms with E-state index in [1.807, 2.05) is 18.2 Å². The van der Waals surface area contributed by atoms with Gasteiger partial charge in [0.05, 0.1) is 6.10 Å². The van der Waals surface area contributed by atoms with Crippen LogP contribution < -0.4 is 0 Å². The first-order chi connectivity index (χ1) is 7.25. The van der Waals surface area contributed by atoms with E-state index in [4.69, 9.17) is 11.6 Å². The fraction of sp³-hybridized carbons (Fsp3) is 0.500. The molecule has 1 N–H and O–H groups in total. The van der Waals surface area contributed by atoms with Gasteiger partial charge in [0.15, 0.2) is 0 Å². The summed E-state index contributed by atoms with van der Waals surface area (Å²) in [5.41, 5.74) is 1.19. The van der Waals surface area contributed by atoms with Gasteiger partial charge in [-0.25, -0.2) is 0 Å². The summed E-state index contributed by atoms with van der Waals surface area (Å²) in [5, 5.41) is 10.2. The van der Waals surface area contributed by atoms with Crippen molar-refractivity contribution in [2.75, 3.05) is 19.6 Å². The predicted molar refractivity (Wildman–Crippen MR) is 62.2 cm³/mol. The van der Waals surface area contributed by atoms with E-state index in [-0.39, 0.29) is 6.10 Å². The van der Waals surface area contributed by atoms with Crippen LogP contribution in [0.4, 0.5) is 0 Å². The Balaban J connectivity index is 1.86. The second-order valence-corrected chi connectivity index (χ2v) is 4.49. The van der Waals surface area contributed by atoms with Crippen LogP contribution in [0.15, 0.2) is 24.3 Å². The third-order valence-electron chi connectivity index (χ3n) is 2.90. The fourth-order valence-electron chi connectivity index (χ4n) is 2.00. The molecule has 0 amide bonds. The van der Waals surface area contributed by atoms with Crippen molar-refractivity contribution in [1.82, 2.24) is 4.90 Å². The number of likely N-dealkylation sites (tertiary alicyclic amines) is 1. The molecule has 1 aliphatic rings. The highest BCUT2D eigenvalue weighted by Crippen LogP contribution is 2.17. The van der Waals surface area contributed by atoms with Crippen LogP contribution in [0, 0.1) is 0 Å². The third-order valence-corrected chi connectivity index (χ3v) is 3.27. The molecule has 1 fully saturated rings. The number of β-amino-alcohol motifs (C(OH)–C–C–N with tert-alkyl or cyclic N) is 1. The highest BCUT2D eigenvalue weighted by molar-refractivity contribution is 6.31. The average molecular weight is 226 g/mol. The minimum atomic E-state index is -0.128. The lowest BCUT2D eigenvalue weighted by atomic mass is 10.1. The molecule has 1 aromatic rings. The Bertz CT molecular complexity index is 329. The zero-order valence-electron chi connectivity index (χ0n) is 8.69. The molecule has 0 spiro atoms. The normalized spacial score (nSPS) is 22.1. The molecule has 2 nitrogen and oxygen atoms in total. The highest BCUT2D eigenvalue weighted by atomic mass is 35.5. The first-order valence-electron chi connectivity index (χ1n) is 5.39. The maximum Gasteiger partial charge on any atom is 0.0679 e. The molecule has 2 rings (SSSR count). The molecule has 15 heavy (non-hydrogen) atoms. The maximum atomic E-state index is 9.38. The molecular weight excluding hydrogens is 210 g/mol. The zero-order chi connectivity index (χ0) is 10.7. The van der Waals surface area contributed by atoms with Crippen molar-refractivity contribution in [3.63, 3.8) is 0 Å². The lowest BCUT2D eigenvalue weighted by molar-refractivity contribution is 0.177. The number of aliphatic hydroxyl groups excluding tert-OH is 1. The molecule has 1 saturated heterocycles. The second-order valence-electron chi connectivity index (χ2n) is 4.08. The summed E-state index contributed by atoms with van der Waals surface area (Å²) in [7, 11) is 0.